The van der Waals surface area contributed by atoms with E-state index in [-0.39, 0.29) is 23.9 Å². The number of ether oxygens (including phenoxy) is 1. The van der Waals surface area contributed by atoms with Crippen LogP contribution in [0.5, 0.6) is 11.5 Å². The van der Waals surface area contributed by atoms with Crippen molar-refractivity contribution in [3.05, 3.63) is 70.2 Å². The van der Waals surface area contributed by atoms with Crippen molar-refractivity contribution in [2.75, 3.05) is 0 Å². The Bertz CT molecular complexity index is 946. The van der Waals surface area contributed by atoms with E-state index in [0.717, 1.165) is 10.2 Å². The predicted octanol–water partition coefficient (Wildman–Crippen LogP) is 2.30. The average Bonchev–Trinajstić information content (AvgIpc) is 2.86. The third-order valence-electron chi connectivity index (χ3n) is 3.62. The number of aliphatic hydroxyl groups is 1. The van der Waals surface area contributed by atoms with Crippen LogP contribution in [0.15, 0.2) is 47.3 Å². The Balaban J connectivity index is 2.08. The summed E-state index contributed by atoms with van der Waals surface area (Å²) in [6, 6.07) is 11.1. The monoisotopic (exact) mass is 329 g/mol. The maximum Gasteiger partial charge on any atom is 0.350 e. The molecule has 0 unspecified atom stereocenters. The van der Waals surface area contributed by atoms with Gasteiger partial charge in [0.25, 0.3) is 0 Å². The molecule has 0 fully saturated rings. The standard InChI is InChI=1S/C17H16FN3O3/c1-11-7-8-12(24-15-6-4-3-5-13(15)18)9-14(11)21-16(10-22)19-20(2)17(21)23/h3-9,22H,10H2,1-2H3. The Kier molecular flexibility index (Phi) is 4.18. The lowest BCUT2D eigenvalue weighted by Crippen LogP contribution is -2.22. The van der Waals surface area contributed by atoms with Crippen molar-refractivity contribution < 1.29 is 14.2 Å². The number of aliphatic hydroxyl groups excluding tert-OH is 1. The SMILES string of the molecule is Cc1ccc(Oc2ccccc2F)cc1-n1c(CO)nn(C)c1=O. The largest absolute Gasteiger partial charge is 0.454 e. The zero-order valence-corrected chi connectivity index (χ0v) is 13.2. The second-order valence-corrected chi connectivity index (χ2v) is 5.30. The minimum Gasteiger partial charge on any atom is -0.454 e. The Morgan fingerprint density at radius 1 is 1.25 bits per heavy atom. The van der Waals surface area contributed by atoms with Crippen molar-refractivity contribution in [3.63, 3.8) is 0 Å². The number of benzene rings is 2. The van der Waals surface area contributed by atoms with Crippen LogP contribution in [0.1, 0.15) is 11.4 Å². The summed E-state index contributed by atoms with van der Waals surface area (Å²) in [5.74, 6) is 0.205. The summed E-state index contributed by atoms with van der Waals surface area (Å²) in [7, 11) is 1.51. The van der Waals surface area contributed by atoms with Gasteiger partial charge in [-0.15, -0.1) is 0 Å². The van der Waals surface area contributed by atoms with Crippen LogP contribution in [0.2, 0.25) is 0 Å². The lowest BCUT2D eigenvalue weighted by Gasteiger charge is -2.12. The Labute approximate surface area is 137 Å². The van der Waals surface area contributed by atoms with E-state index in [1.807, 2.05) is 6.92 Å². The molecule has 0 bridgehead atoms. The van der Waals surface area contributed by atoms with Crippen molar-refractivity contribution in [2.45, 2.75) is 13.5 Å². The average molecular weight is 329 g/mol. The highest BCUT2D eigenvalue weighted by Crippen LogP contribution is 2.27. The van der Waals surface area contributed by atoms with Crippen molar-refractivity contribution in [1.82, 2.24) is 14.3 Å². The number of rotatable bonds is 4. The van der Waals surface area contributed by atoms with Crippen LogP contribution in [-0.2, 0) is 13.7 Å². The minimum atomic E-state index is -0.478. The minimum absolute atomic E-state index is 0.0909. The van der Waals surface area contributed by atoms with Crippen LogP contribution in [-0.4, -0.2) is 19.5 Å². The molecule has 1 N–H and O–H groups in total. The molecule has 0 aliphatic rings. The van der Waals surface area contributed by atoms with Gasteiger partial charge in [-0.3, -0.25) is 0 Å². The lowest BCUT2D eigenvalue weighted by atomic mass is 10.2. The fourth-order valence-electron chi connectivity index (χ4n) is 2.41. The van der Waals surface area contributed by atoms with Crippen LogP contribution in [0.25, 0.3) is 5.69 Å². The van der Waals surface area contributed by atoms with Crippen molar-refractivity contribution in [1.29, 1.82) is 0 Å². The van der Waals surface area contributed by atoms with E-state index >= 15 is 0 Å². The van der Waals surface area contributed by atoms with Gasteiger partial charge in [0.1, 0.15) is 12.4 Å². The second kappa shape index (κ2) is 6.29. The molecule has 0 spiro atoms. The van der Waals surface area contributed by atoms with E-state index in [9.17, 15) is 14.3 Å². The van der Waals surface area contributed by atoms with E-state index in [1.54, 1.807) is 30.3 Å². The highest BCUT2D eigenvalue weighted by molar-refractivity contribution is 5.47. The van der Waals surface area contributed by atoms with Crippen molar-refractivity contribution in [3.8, 4) is 17.2 Å². The first-order valence-electron chi connectivity index (χ1n) is 7.30. The molecular weight excluding hydrogens is 313 g/mol. The van der Waals surface area contributed by atoms with E-state index in [0.29, 0.717) is 11.4 Å². The van der Waals surface area contributed by atoms with Gasteiger partial charge in [-0.2, -0.15) is 5.10 Å². The first kappa shape index (κ1) is 15.9. The Morgan fingerprint density at radius 3 is 2.71 bits per heavy atom. The quantitative estimate of drug-likeness (QED) is 0.797. The molecule has 0 aliphatic carbocycles. The van der Waals surface area contributed by atoms with Crippen LogP contribution >= 0.6 is 0 Å². The summed E-state index contributed by atoms with van der Waals surface area (Å²) in [5.41, 5.74) is 0.928. The van der Waals surface area contributed by atoms with E-state index in [4.69, 9.17) is 4.74 Å². The third kappa shape index (κ3) is 2.81. The van der Waals surface area contributed by atoms with E-state index < -0.39 is 5.82 Å². The summed E-state index contributed by atoms with van der Waals surface area (Å²) < 4.78 is 21.8. The van der Waals surface area contributed by atoms with Gasteiger partial charge in [0.15, 0.2) is 17.4 Å². The van der Waals surface area contributed by atoms with E-state index in [2.05, 4.69) is 5.10 Å². The smallest absolute Gasteiger partial charge is 0.350 e. The zero-order chi connectivity index (χ0) is 17.3. The van der Waals surface area contributed by atoms with Crippen LogP contribution in [0.4, 0.5) is 4.39 Å². The van der Waals surface area contributed by atoms with Gasteiger partial charge < -0.3 is 9.84 Å². The molecule has 2 aromatic carbocycles. The zero-order valence-electron chi connectivity index (χ0n) is 13.2. The summed E-state index contributed by atoms with van der Waals surface area (Å²) in [4.78, 5) is 12.3. The van der Waals surface area contributed by atoms with Gasteiger partial charge in [0.05, 0.1) is 5.69 Å². The topological polar surface area (TPSA) is 69.3 Å². The van der Waals surface area contributed by atoms with Gasteiger partial charge >= 0.3 is 5.69 Å². The lowest BCUT2D eigenvalue weighted by molar-refractivity contribution is 0.268. The normalized spacial score (nSPS) is 10.8. The molecule has 0 saturated heterocycles. The van der Waals surface area contributed by atoms with Crippen LogP contribution in [0.3, 0.4) is 0 Å². The molecule has 3 aromatic rings. The van der Waals surface area contributed by atoms with Crippen LogP contribution < -0.4 is 10.4 Å². The summed E-state index contributed by atoms with van der Waals surface area (Å²) >= 11 is 0. The first-order valence-corrected chi connectivity index (χ1v) is 7.30. The molecule has 24 heavy (non-hydrogen) atoms. The van der Waals surface area contributed by atoms with Crippen molar-refractivity contribution in [2.24, 2.45) is 7.05 Å². The summed E-state index contributed by atoms with van der Waals surface area (Å²) in [6.45, 7) is 1.44. The molecule has 0 aliphatic heterocycles. The number of nitrogens with zero attached hydrogens (tertiary/aromatic N) is 3. The third-order valence-corrected chi connectivity index (χ3v) is 3.62. The Morgan fingerprint density at radius 2 is 2.00 bits per heavy atom. The van der Waals surface area contributed by atoms with Gasteiger partial charge in [-0.1, -0.05) is 18.2 Å². The molecule has 7 heteroatoms. The number of aromatic nitrogens is 3. The number of aryl methyl sites for hydroxylation is 2. The molecule has 0 amide bonds. The molecule has 124 valence electrons. The maximum atomic E-state index is 13.7. The van der Waals surface area contributed by atoms with Crippen LogP contribution in [0, 0.1) is 12.7 Å². The summed E-state index contributed by atoms with van der Waals surface area (Å²) in [6.07, 6.45) is 0. The second-order valence-electron chi connectivity index (χ2n) is 5.30. The van der Waals surface area contributed by atoms with Gasteiger partial charge in [-0.05, 0) is 30.7 Å². The fourth-order valence-corrected chi connectivity index (χ4v) is 2.41. The van der Waals surface area contributed by atoms with E-state index in [1.165, 1.54) is 23.7 Å². The molecule has 1 heterocycles. The highest BCUT2D eigenvalue weighted by atomic mass is 19.1. The molecule has 6 nitrogen and oxygen atoms in total. The predicted molar refractivity (Wildman–Crippen MR) is 85.9 cm³/mol. The fraction of sp³-hybridized carbons (Fsp3) is 0.176. The van der Waals surface area contributed by atoms with Gasteiger partial charge in [-0.25, -0.2) is 18.4 Å². The maximum absolute atomic E-state index is 13.7. The number of hydrogen-bond acceptors (Lipinski definition) is 4. The number of para-hydroxylation sites is 1. The van der Waals surface area contributed by atoms with Gasteiger partial charge in [0, 0.05) is 13.1 Å². The molecule has 0 atom stereocenters. The molecule has 0 saturated carbocycles. The summed E-state index contributed by atoms with van der Waals surface area (Å²) in [5, 5.41) is 13.4. The molecule has 3 rings (SSSR count). The highest BCUT2D eigenvalue weighted by Gasteiger charge is 2.15. The van der Waals surface area contributed by atoms with Crippen molar-refractivity contribution >= 4 is 0 Å². The molecular formula is C17H16FN3O3. The van der Waals surface area contributed by atoms with Gasteiger partial charge in [0.2, 0.25) is 0 Å². The first-order chi connectivity index (χ1) is 11.5. The molecule has 1 aromatic heterocycles. The molecule has 0 radical (unpaired) electrons. The number of hydrogen-bond donors (Lipinski definition) is 1. The Hall–Kier alpha value is -2.93. The number of halogens is 1.